The van der Waals surface area contributed by atoms with E-state index < -0.39 is 60.0 Å². The Balaban J connectivity index is 2.54. The van der Waals surface area contributed by atoms with Gasteiger partial charge in [0.15, 0.2) is 5.12 Å². The molecule has 0 aliphatic carbocycles. The molecule has 0 spiro atoms. The van der Waals surface area contributed by atoms with Crippen molar-refractivity contribution in [2.45, 2.75) is 97.1 Å². The van der Waals surface area contributed by atoms with Gasteiger partial charge in [0.25, 0.3) is 0 Å². The largest absolute Gasteiger partial charge is 0.460 e. The molecule has 1 aliphatic rings. The molecule has 1 aliphatic heterocycles. The van der Waals surface area contributed by atoms with E-state index >= 15 is 0 Å². The van der Waals surface area contributed by atoms with Crippen molar-refractivity contribution in [2.24, 2.45) is 5.92 Å². The van der Waals surface area contributed by atoms with Crippen LogP contribution in [0.15, 0.2) is 42.5 Å². The molecule has 0 unspecified atom stereocenters. The third-order valence-corrected chi connectivity index (χ3v) is 7.52. The highest BCUT2D eigenvalue weighted by Crippen LogP contribution is 2.18. The molecule has 12 heteroatoms. The minimum atomic E-state index is -1.17. The first-order chi connectivity index (χ1) is 20.4. The van der Waals surface area contributed by atoms with Crippen LogP contribution in [0.3, 0.4) is 0 Å². The van der Waals surface area contributed by atoms with E-state index in [1.807, 2.05) is 31.2 Å². The number of cyclic esters (lactones) is 1. The average Bonchev–Trinajstić information content (AvgIpc) is 2.92. The molecule has 3 N–H and O–H groups in total. The number of amides is 3. The zero-order valence-electron chi connectivity index (χ0n) is 25.4. The number of rotatable bonds is 9. The van der Waals surface area contributed by atoms with Crippen LogP contribution in [0.4, 0.5) is 0 Å². The Bertz CT molecular complexity index is 1160. The molecule has 2 rings (SSSR count). The van der Waals surface area contributed by atoms with Crippen molar-refractivity contribution >= 4 is 46.5 Å². The van der Waals surface area contributed by atoms with E-state index in [9.17, 15) is 28.8 Å². The molecule has 0 saturated carbocycles. The number of hydrogen-bond donors (Lipinski definition) is 3. The smallest absolute Gasteiger partial charge is 0.310 e. The Morgan fingerprint density at radius 1 is 1.00 bits per heavy atom. The molecule has 1 aromatic rings. The Labute approximate surface area is 257 Å². The number of carbonyl (C=O) groups excluding carboxylic acids is 6. The van der Waals surface area contributed by atoms with Crippen molar-refractivity contribution in [3.8, 4) is 0 Å². The number of esters is 2. The summed E-state index contributed by atoms with van der Waals surface area (Å²) >= 11 is 0.860. The second-order valence-electron chi connectivity index (χ2n) is 10.8. The molecule has 1 heterocycles. The molecule has 0 bridgehead atoms. The molecule has 1 fully saturated rings. The summed E-state index contributed by atoms with van der Waals surface area (Å²) in [6.45, 7) is 8.10. The fourth-order valence-corrected chi connectivity index (χ4v) is 5.14. The van der Waals surface area contributed by atoms with Gasteiger partial charge in [-0.05, 0) is 24.0 Å². The zero-order chi connectivity index (χ0) is 31.9. The maximum absolute atomic E-state index is 13.6. The summed E-state index contributed by atoms with van der Waals surface area (Å²) in [7, 11) is 0. The summed E-state index contributed by atoms with van der Waals surface area (Å²) in [6.07, 6.45) is 2.46. The first kappa shape index (κ1) is 35.5. The number of carbonyl (C=O) groups is 6. The molecular formula is C31H43N3O8S. The van der Waals surface area contributed by atoms with E-state index in [0.717, 1.165) is 23.7 Å². The quantitative estimate of drug-likeness (QED) is 0.280. The van der Waals surface area contributed by atoms with Crippen molar-refractivity contribution in [1.82, 2.24) is 16.0 Å². The Hall–Kier alpha value is -3.67. The van der Waals surface area contributed by atoms with Crippen LogP contribution < -0.4 is 16.0 Å². The lowest BCUT2D eigenvalue weighted by molar-refractivity contribution is -0.158. The number of benzene rings is 1. The Kier molecular flexibility index (Phi) is 15.0. The summed E-state index contributed by atoms with van der Waals surface area (Å²) < 4.78 is 11.1. The van der Waals surface area contributed by atoms with Crippen molar-refractivity contribution in [1.29, 1.82) is 0 Å². The fourth-order valence-electron chi connectivity index (χ4n) is 4.50. The lowest BCUT2D eigenvalue weighted by Gasteiger charge is -2.31. The molecule has 3 amide bonds. The van der Waals surface area contributed by atoms with E-state index in [4.69, 9.17) is 9.47 Å². The van der Waals surface area contributed by atoms with Gasteiger partial charge in [0, 0.05) is 26.0 Å². The number of thioether (sulfide) groups is 1. The number of allylic oxidation sites excluding steroid dienone is 1. The monoisotopic (exact) mass is 617 g/mol. The van der Waals surface area contributed by atoms with Crippen molar-refractivity contribution in [3.63, 3.8) is 0 Å². The normalized spacial score (nSPS) is 24.3. The highest BCUT2D eigenvalue weighted by molar-refractivity contribution is 8.13. The molecule has 0 aromatic heterocycles. The first-order valence-electron chi connectivity index (χ1n) is 14.5. The minimum absolute atomic E-state index is 0.0751. The van der Waals surface area contributed by atoms with E-state index in [1.54, 1.807) is 32.1 Å². The minimum Gasteiger partial charge on any atom is -0.460 e. The average molecular weight is 618 g/mol. The predicted octanol–water partition coefficient (Wildman–Crippen LogP) is 2.61. The molecule has 43 heavy (non-hydrogen) atoms. The van der Waals surface area contributed by atoms with Gasteiger partial charge in [-0.3, -0.25) is 28.8 Å². The molecule has 0 radical (unpaired) electrons. The Morgan fingerprint density at radius 2 is 1.67 bits per heavy atom. The number of ether oxygens (including phenoxy) is 2. The van der Waals surface area contributed by atoms with Gasteiger partial charge in [-0.1, -0.05) is 75.4 Å². The summed E-state index contributed by atoms with van der Waals surface area (Å²) in [6, 6.07) is 6.00. The highest BCUT2D eigenvalue weighted by atomic mass is 32.2. The summed E-state index contributed by atoms with van der Waals surface area (Å²) in [5, 5.41) is 8.00. The fraction of sp³-hybridized carbons (Fsp3) is 0.548. The van der Waals surface area contributed by atoms with Gasteiger partial charge < -0.3 is 25.4 Å². The number of hydrogen-bond acceptors (Lipinski definition) is 9. The van der Waals surface area contributed by atoms with Gasteiger partial charge in [0.1, 0.15) is 24.3 Å². The molecule has 11 nitrogen and oxygen atoms in total. The Morgan fingerprint density at radius 3 is 2.28 bits per heavy atom. The lowest BCUT2D eigenvalue weighted by atomic mass is 9.95. The van der Waals surface area contributed by atoms with Crippen molar-refractivity contribution in [2.75, 3.05) is 5.75 Å². The van der Waals surface area contributed by atoms with Gasteiger partial charge in [0.2, 0.25) is 17.7 Å². The van der Waals surface area contributed by atoms with Crippen molar-refractivity contribution in [3.05, 3.63) is 48.0 Å². The molecule has 1 aromatic carbocycles. The van der Waals surface area contributed by atoms with Crippen LogP contribution in [0.25, 0.3) is 0 Å². The maximum Gasteiger partial charge on any atom is 0.310 e. The third-order valence-electron chi connectivity index (χ3n) is 6.61. The molecular weight excluding hydrogens is 574 g/mol. The number of unbranched alkanes of at least 4 members (excludes halogenated alkanes) is 1. The zero-order valence-corrected chi connectivity index (χ0v) is 26.2. The second-order valence-corrected chi connectivity index (χ2v) is 12.0. The van der Waals surface area contributed by atoms with Gasteiger partial charge in [-0.25, -0.2) is 0 Å². The highest BCUT2D eigenvalue weighted by Gasteiger charge is 2.35. The van der Waals surface area contributed by atoms with Gasteiger partial charge in [-0.2, -0.15) is 0 Å². The summed E-state index contributed by atoms with van der Waals surface area (Å²) in [4.78, 5) is 77.3. The summed E-state index contributed by atoms with van der Waals surface area (Å²) in [5.74, 6) is -3.55. The predicted molar refractivity (Wildman–Crippen MR) is 163 cm³/mol. The standard InChI is InChI=1S/C31H43N3O8S/c1-6-7-9-14-23-16-27(37)32-24(15-22-12-10-8-11-13-22)30(39)33-25(18-43-21(5)36)31(40)34-29(19(2)3)26(41-20(4)35)17-28(38)42-23/h8-14,19,23-26,29H,6-7,15-18H2,1-5H3,(H,32,37)(H,33,39)(H,34,40)/b14-9+/t23-,24-,25-,26+,29-/m1/s1. The lowest BCUT2D eigenvalue weighted by Crippen LogP contribution is -2.58. The molecule has 236 valence electrons. The van der Waals surface area contributed by atoms with Crippen LogP contribution in [0.2, 0.25) is 0 Å². The maximum atomic E-state index is 13.6. The van der Waals surface area contributed by atoms with Crippen LogP contribution in [-0.2, 0) is 44.7 Å². The summed E-state index contributed by atoms with van der Waals surface area (Å²) in [5.41, 5.74) is 0.773. The molecule has 5 atom stereocenters. The van der Waals surface area contributed by atoms with Crippen LogP contribution in [-0.4, -0.2) is 70.9 Å². The van der Waals surface area contributed by atoms with Gasteiger partial charge in [0.05, 0.1) is 18.9 Å². The SMILES string of the molecule is CCC/C=C/[C@@H]1CC(=O)N[C@H](Cc2ccccc2)C(=O)N[C@H](CSC(C)=O)C(=O)N[C@H](C(C)C)[C@@H](OC(C)=O)CC(=O)O1. The van der Waals surface area contributed by atoms with E-state index in [2.05, 4.69) is 16.0 Å². The molecule has 1 saturated heterocycles. The van der Waals surface area contributed by atoms with Crippen LogP contribution in [0, 0.1) is 5.92 Å². The van der Waals surface area contributed by atoms with Crippen LogP contribution in [0.5, 0.6) is 0 Å². The third kappa shape index (κ3) is 13.0. The van der Waals surface area contributed by atoms with E-state index in [-0.39, 0.29) is 36.0 Å². The van der Waals surface area contributed by atoms with E-state index in [0.29, 0.717) is 6.42 Å². The van der Waals surface area contributed by atoms with Gasteiger partial charge >= 0.3 is 11.9 Å². The topological polar surface area (TPSA) is 157 Å². The number of nitrogens with one attached hydrogen (secondary N) is 3. The second kappa shape index (κ2) is 18.1. The van der Waals surface area contributed by atoms with E-state index in [1.165, 1.54) is 13.8 Å². The first-order valence-corrected chi connectivity index (χ1v) is 15.5. The van der Waals surface area contributed by atoms with Crippen molar-refractivity contribution < 1.29 is 38.2 Å². The van der Waals surface area contributed by atoms with Crippen LogP contribution in [0.1, 0.15) is 65.9 Å². The van der Waals surface area contributed by atoms with Crippen LogP contribution >= 0.6 is 11.8 Å². The van der Waals surface area contributed by atoms with Gasteiger partial charge in [-0.15, -0.1) is 0 Å².